The largest absolute Gasteiger partial charge is 0.394 e. The van der Waals surface area contributed by atoms with E-state index in [1.165, 1.54) is 0 Å². The highest BCUT2D eigenvalue weighted by Crippen LogP contribution is 2.16. The number of aliphatic hydroxyl groups excluding tert-OH is 1. The summed E-state index contributed by atoms with van der Waals surface area (Å²) < 4.78 is 2.46. The van der Waals surface area contributed by atoms with Crippen LogP contribution in [0.1, 0.15) is 11.6 Å². The summed E-state index contributed by atoms with van der Waals surface area (Å²) in [5.74, 6) is 0. The molecular formula is C8H9BrN4O. The summed E-state index contributed by atoms with van der Waals surface area (Å²) in [6.07, 6.45) is 5.08. The molecule has 0 saturated heterocycles. The maximum atomic E-state index is 8.92. The molecule has 0 aliphatic heterocycles. The van der Waals surface area contributed by atoms with Crippen molar-refractivity contribution in [3.05, 3.63) is 28.6 Å². The topological polar surface area (TPSA) is 76.4 Å². The zero-order valence-electron chi connectivity index (χ0n) is 7.26. The Labute approximate surface area is 88.7 Å². The number of rotatable bonds is 2. The van der Waals surface area contributed by atoms with E-state index in [2.05, 4.69) is 26.0 Å². The van der Waals surface area contributed by atoms with Crippen LogP contribution in [0.25, 0.3) is 5.65 Å². The third-order valence-electron chi connectivity index (χ3n) is 1.95. The van der Waals surface area contributed by atoms with E-state index in [0.29, 0.717) is 5.65 Å². The van der Waals surface area contributed by atoms with Crippen LogP contribution in [0, 0.1) is 0 Å². The molecule has 0 saturated carbocycles. The number of aliphatic hydroxyl groups is 1. The van der Waals surface area contributed by atoms with Gasteiger partial charge in [0, 0.05) is 18.0 Å². The zero-order chi connectivity index (χ0) is 10.1. The Bertz CT molecular complexity index is 456. The second-order valence-electron chi connectivity index (χ2n) is 2.93. The van der Waals surface area contributed by atoms with Gasteiger partial charge in [-0.2, -0.15) is 5.10 Å². The molecule has 1 atom stereocenters. The molecule has 2 aromatic rings. The molecule has 5 nitrogen and oxygen atoms in total. The lowest BCUT2D eigenvalue weighted by Gasteiger charge is -2.04. The van der Waals surface area contributed by atoms with Crippen molar-refractivity contribution in [3.63, 3.8) is 0 Å². The lowest BCUT2D eigenvalue weighted by molar-refractivity contribution is 0.268. The number of aromatic nitrogens is 3. The van der Waals surface area contributed by atoms with Crippen LogP contribution in [0.5, 0.6) is 0 Å². The first kappa shape index (κ1) is 9.57. The van der Waals surface area contributed by atoms with Gasteiger partial charge < -0.3 is 10.8 Å². The number of hydrogen-bond acceptors (Lipinski definition) is 4. The van der Waals surface area contributed by atoms with E-state index in [1.54, 1.807) is 23.1 Å². The van der Waals surface area contributed by atoms with E-state index in [9.17, 15) is 0 Å². The first-order valence-corrected chi connectivity index (χ1v) is 4.87. The first-order valence-electron chi connectivity index (χ1n) is 4.07. The molecule has 0 fully saturated rings. The highest BCUT2D eigenvalue weighted by atomic mass is 79.9. The van der Waals surface area contributed by atoms with Gasteiger partial charge >= 0.3 is 0 Å². The summed E-state index contributed by atoms with van der Waals surface area (Å²) in [6, 6.07) is -0.429. The minimum absolute atomic E-state index is 0.112. The summed E-state index contributed by atoms with van der Waals surface area (Å²) in [7, 11) is 0. The number of nitrogens with zero attached hydrogens (tertiary/aromatic N) is 3. The summed E-state index contributed by atoms with van der Waals surface area (Å²) in [5, 5.41) is 13.0. The van der Waals surface area contributed by atoms with Crippen molar-refractivity contribution < 1.29 is 5.11 Å². The average molecular weight is 257 g/mol. The van der Waals surface area contributed by atoms with Crippen LogP contribution >= 0.6 is 15.9 Å². The Morgan fingerprint density at radius 1 is 1.57 bits per heavy atom. The van der Waals surface area contributed by atoms with Crippen molar-refractivity contribution in [3.8, 4) is 0 Å². The van der Waals surface area contributed by atoms with E-state index in [1.807, 2.05) is 0 Å². The number of nitrogens with two attached hydrogens (primary N) is 1. The molecule has 2 aromatic heterocycles. The molecule has 0 aliphatic carbocycles. The second kappa shape index (κ2) is 3.64. The predicted molar refractivity (Wildman–Crippen MR) is 54.7 cm³/mol. The molecule has 0 spiro atoms. The van der Waals surface area contributed by atoms with Crippen LogP contribution in [0.3, 0.4) is 0 Å². The third kappa shape index (κ3) is 1.52. The van der Waals surface area contributed by atoms with Crippen LogP contribution in [0.2, 0.25) is 0 Å². The molecule has 0 aromatic carbocycles. The fourth-order valence-electron chi connectivity index (χ4n) is 1.23. The fraction of sp³-hybridized carbons (Fsp3) is 0.250. The highest BCUT2D eigenvalue weighted by Gasteiger charge is 2.12. The Morgan fingerprint density at radius 3 is 3.07 bits per heavy atom. The summed E-state index contributed by atoms with van der Waals surface area (Å²) in [4.78, 5) is 4.17. The molecule has 1 unspecified atom stereocenters. The van der Waals surface area contributed by atoms with Gasteiger partial charge in [0.1, 0.15) is 0 Å². The Hall–Kier alpha value is -0.980. The van der Waals surface area contributed by atoms with Crippen molar-refractivity contribution in [2.24, 2.45) is 5.73 Å². The van der Waals surface area contributed by atoms with Gasteiger partial charge in [0.15, 0.2) is 5.65 Å². The van der Waals surface area contributed by atoms with Gasteiger partial charge in [-0.25, -0.2) is 9.50 Å². The molecule has 14 heavy (non-hydrogen) atoms. The molecule has 2 rings (SSSR count). The molecule has 2 heterocycles. The molecular weight excluding hydrogens is 248 g/mol. The quantitative estimate of drug-likeness (QED) is 0.820. The van der Waals surface area contributed by atoms with E-state index in [4.69, 9.17) is 10.8 Å². The van der Waals surface area contributed by atoms with Crippen LogP contribution in [-0.2, 0) is 0 Å². The van der Waals surface area contributed by atoms with Crippen LogP contribution < -0.4 is 5.73 Å². The average Bonchev–Trinajstić information content (AvgIpc) is 2.59. The summed E-state index contributed by atoms with van der Waals surface area (Å²) >= 11 is 3.29. The summed E-state index contributed by atoms with van der Waals surface area (Å²) in [5.41, 5.74) is 7.11. The van der Waals surface area contributed by atoms with Gasteiger partial charge in [-0.1, -0.05) is 0 Å². The van der Waals surface area contributed by atoms with E-state index in [0.717, 1.165) is 10.0 Å². The molecule has 0 bridgehead atoms. The molecule has 0 amide bonds. The minimum atomic E-state index is -0.429. The van der Waals surface area contributed by atoms with E-state index >= 15 is 0 Å². The Morgan fingerprint density at radius 2 is 2.36 bits per heavy atom. The standard InChI is InChI=1S/C8H9BrN4O/c9-5-1-11-8-6(7(10)4-14)2-12-13(8)3-5/h1-3,7,14H,4,10H2. The Balaban J connectivity index is 2.58. The van der Waals surface area contributed by atoms with E-state index < -0.39 is 6.04 Å². The Kier molecular flexibility index (Phi) is 2.49. The third-order valence-corrected chi connectivity index (χ3v) is 2.36. The number of hydrogen-bond donors (Lipinski definition) is 2. The van der Waals surface area contributed by atoms with Crippen LogP contribution in [0.4, 0.5) is 0 Å². The maximum absolute atomic E-state index is 8.92. The van der Waals surface area contributed by atoms with Crippen molar-refractivity contribution in [2.75, 3.05) is 6.61 Å². The lowest BCUT2D eigenvalue weighted by atomic mass is 10.2. The van der Waals surface area contributed by atoms with E-state index in [-0.39, 0.29) is 6.61 Å². The first-order chi connectivity index (χ1) is 6.72. The molecule has 6 heteroatoms. The lowest BCUT2D eigenvalue weighted by Crippen LogP contribution is -2.14. The normalized spacial score (nSPS) is 13.4. The molecule has 3 N–H and O–H groups in total. The zero-order valence-corrected chi connectivity index (χ0v) is 8.85. The second-order valence-corrected chi connectivity index (χ2v) is 3.85. The number of fused-ring (bicyclic) bond motifs is 1. The van der Waals surface area contributed by atoms with Gasteiger partial charge in [0.05, 0.1) is 23.3 Å². The van der Waals surface area contributed by atoms with Gasteiger partial charge in [-0.05, 0) is 15.9 Å². The van der Waals surface area contributed by atoms with Crippen LogP contribution in [0.15, 0.2) is 23.1 Å². The monoisotopic (exact) mass is 256 g/mol. The number of halogens is 1. The SMILES string of the molecule is NC(CO)c1cnn2cc(Br)cnc12. The molecule has 0 radical (unpaired) electrons. The van der Waals surface area contributed by atoms with Gasteiger partial charge in [0.25, 0.3) is 0 Å². The van der Waals surface area contributed by atoms with Crippen molar-refractivity contribution in [2.45, 2.75) is 6.04 Å². The molecule has 0 aliphatic rings. The van der Waals surface area contributed by atoms with Crippen molar-refractivity contribution >= 4 is 21.6 Å². The van der Waals surface area contributed by atoms with Gasteiger partial charge in [-0.15, -0.1) is 0 Å². The van der Waals surface area contributed by atoms with Gasteiger partial charge in [0.2, 0.25) is 0 Å². The minimum Gasteiger partial charge on any atom is -0.394 e. The van der Waals surface area contributed by atoms with Crippen molar-refractivity contribution in [1.29, 1.82) is 0 Å². The van der Waals surface area contributed by atoms with Crippen molar-refractivity contribution in [1.82, 2.24) is 14.6 Å². The highest BCUT2D eigenvalue weighted by molar-refractivity contribution is 9.10. The fourth-order valence-corrected chi connectivity index (χ4v) is 1.53. The summed E-state index contributed by atoms with van der Waals surface area (Å²) in [6.45, 7) is -0.112. The van der Waals surface area contributed by atoms with Gasteiger partial charge in [-0.3, -0.25) is 0 Å². The maximum Gasteiger partial charge on any atom is 0.159 e. The molecule has 74 valence electrons. The predicted octanol–water partition coefficient (Wildman–Crippen LogP) is 0.484. The smallest absolute Gasteiger partial charge is 0.159 e. The van der Waals surface area contributed by atoms with Crippen LogP contribution in [-0.4, -0.2) is 26.3 Å².